The molecule has 0 aromatic heterocycles. The number of phenols is 1. The third kappa shape index (κ3) is 2.75. The number of rotatable bonds is 3. The van der Waals surface area contributed by atoms with Gasteiger partial charge in [-0.2, -0.15) is 0 Å². The Bertz CT molecular complexity index is 1180. The summed E-state index contributed by atoms with van der Waals surface area (Å²) in [4.78, 5) is 11.1. The Morgan fingerprint density at radius 1 is 0.769 bits per heavy atom. The second-order valence-electron chi connectivity index (χ2n) is 5.87. The maximum atomic E-state index is 11.1. The van der Waals surface area contributed by atoms with Gasteiger partial charge >= 0.3 is 5.97 Å². The highest BCUT2D eigenvalue weighted by Crippen LogP contribution is 2.37. The van der Waals surface area contributed by atoms with Gasteiger partial charge in [-0.25, -0.2) is 4.79 Å². The largest absolute Gasteiger partial charge is 0.506 e. The van der Waals surface area contributed by atoms with Crippen LogP contribution in [0.15, 0.2) is 83.0 Å². The van der Waals surface area contributed by atoms with Crippen molar-refractivity contribution in [3.05, 3.63) is 78.4 Å². The third-order valence-electron chi connectivity index (χ3n) is 4.24. The first-order valence-electron chi connectivity index (χ1n) is 8.02. The summed E-state index contributed by atoms with van der Waals surface area (Å²) in [5, 5.41) is 31.2. The Labute approximate surface area is 148 Å². The zero-order valence-corrected chi connectivity index (χ0v) is 13.6. The van der Waals surface area contributed by atoms with Crippen LogP contribution in [0.5, 0.6) is 5.75 Å². The molecule has 0 spiro atoms. The number of fused-ring (bicyclic) bond motifs is 2. The smallest absolute Gasteiger partial charge is 0.335 e. The molecule has 0 saturated heterocycles. The van der Waals surface area contributed by atoms with E-state index in [1.807, 2.05) is 42.5 Å². The van der Waals surface area contributed by atoms with E-state index in [-0.39, 0.29) is 11.3 Å². The van der Waals surface area contributed by atoms with E-state index in [4.69, 9.17) is 5.11 Å². The Morgan fingerprint density at radius 3 is 2.42 bits per heavy atom. The number of nitrogens with zero attached hydrogens (tertiary/aromatic N) is 2. The van der Waals surface area contributed by atoms with E-state index < -0.39 is 5.97 Å². The topological polar surface area (TPSA) is 82.2 Å². The van der Waals surface area contributed by atoms with Gasteiger partial charge in [0.2, 0.25) is 0 Å². The molecule has 0 aliphatic rings. The predicted octanol–water partition coefficient (Wildman–Crippen LogP) is 5.81. The van der Waals surface area contributed by atoms with Crippen LogP contribution in [-0.4, -0.2) is 16.2 Å². The monoisotopic (exact) mass is 342 g/mol. The first kappa shape index (κ1) is 15.8. The molecule has 4 aromatic carbocycles. The molecule has 4 rings (SSSR count). The molecule has 0 fully saturated rings. The molecule has 26 heavy (non-hydrogen) atoms. The molecular weight excluding hydrogens is 328 g/mol. The zero-order valence-electron chi connectivity index (χ0n) is 13.6. The van der Waals surface area contributed by atoms with Crippen LogP contribution in [0.25, 0.3) is 21.5 Å². The molecule has 0 heterocycles. The third-order valence-corrected chi connectivity index (χ3v) is 4.24. The number of carboxylic acid groups (broad SMARTS) is 1. The molecule has 4 aromatic rings. The average molecular weight is 342 g/mol. The van der Waals surface area contributed by atoms with Gasteiger partial charge in [-0.15, -0.1) is 10.2 Å². The Hall–Kier alpha value is -3.73. The molecule has 2 N–H and O–H groups in total. The first-order chi connectivity index (χ1) is 12.6. The highest BCUT2D eigenvalue weighted by molar-refractivity contribution is 6.00. The van der Waals surface area contributed by atoms with Gasteiger partial charge in [0, 0.05) is 10.8 Å². The number of carbonyl (C=O) groups is 1. The Morgan fingerprint density at radius 2 is 1.58 bits per heavy atom. The fourth-order valence-corrected chi connectivity index (χ4v) is 2.94. The molecule has 0 bridgehead atoms. The van der Waals surface area contributed by atoms with Gasteiger partial charge < -0.3 is 10.2 Å². The second-order valence-corrected chi connectivity index (χ2v) is 5.87. The van der Waals surface area contributed by atoms with Crippen LogP contribution in [0.2, 0.25) is 0 Å². The molecule has 0 radical (unpaired) electrons. The molecule has 0 unspecified atom stereocenters. The number of carboxylic acids is 1. The summed E-state index contributed by atoms with van der Waals surface area (Å²) >= 11 is 0. The van der Waals surface area contributed by atoms with Crippen LogP contribution in [0.4, 0.5) is 11.4 Å². The molecule has 0 amide bonds. The minimum absolute atomic E-state index is 0.00967. The summed E-state index contributed by atoms with van der Waals surface area (Å²) in [5.41, 5.74) is 1.19. The number of hydrogen-bond donors (Lipinski definition) is 2. The van der Waals surface area contributed by atoms with Crippen LogP contribution >= 0.6 is 0 Å². The van der Waals surface area contributed by atoms with Crippen LogP contribution in [-0.2, 0) is 0 Å². The number of hydrogen-bond acceptors (Lipinski definition) is 4. The highest BCUT2D eigenvalue weighted by atomic mass is 16.4. The maximum absolute atomic E-state index is 11.1. The SMILES string of the molecule is O=C(O)c1ccc2c(N=Nc3cccc4ccccc34)c(O)ccc2c1. The summed E-state index contributed by atoms with van der Waals surface area (Å²) in [6, 6.07) is 21.4. The lowest BCUT2D eigenvalue weighted by Gasteiger charge is -2.06. The van der Waals surface area contributed by atoms with Crippen LogP contribution in [0.3, 0.4) is 0 Å². The lowest BCUT2D eigenvalue weighted by atomic mass is 10.0. The minimum atomic E-state index is -1.00. The van der Waals surface area contributed by atoms with E-state index in [0.717, 1.165) is 10.8 Å². The van der Waals surface area contributed by atoms with Crippen molar-refractivity contribution < 1.29 is 15.0 Å². The number of aromatic carboxylic acids is 1. The Balaban J connectivity index is 1.84. The quantitative estimate of drug-likeness (QED) is 0.461. The van der Waals surface area contributed by atoms with Crippen molar-refractivity contribution in [1.29, 1.82) is 0 Å². The summed E-state index contributed by atoms with van der Waals surface area (Å²) in [5.74, 6) is -1.01. The van der Waals surface area contributed by atoms with Crippen LogP contribution < -0.4 is 0 Å². The molecule has 5 heteroatoms. The van der Waals surface area contributed by atoms with Crippen molar-refractivity contribution >= 4 is 38.9 Å². The molecule has 126 valence electrons. The lowest BCUT2D eigenvalue weighted by molar-refractivity contribution is 0.0697. The maximum Gasteiger partial charge on any atom is 0.335 e. The summed E-state index contributed by atoms with van der Waals surface area (Å²) in [7, 11) is 0. The van der Waals surface area contributed by atoms with E-state index in [1.165, 1.54) is 12.1 Å². The van der Waals surface area contributed by atoms with E-state index in [1.54, 1.807) is 18.2 Å². The van der Waals surface area contributed by atoms with Gasteiger partial charge in [0.1, 0.15) is 11.4 Å². The van der Waals surface area contributed by atoms with Crippen molar-refractivity contribution in [2.45, 2.75) is 0 Å². The van der Waals surface area contributed by atoms with Gasteiger partial charge in [0.15, 0.2) is 0 Å². The van der Waals surface area contributed by atoms with Crippen molar-refractivity contribution in [1.82, 2.24) is 0 Å². The van der Waals surface area contributed by atoms with Crippen molar-refractivity contribution in [2.75, 3.05) is 0 Å². The number of azo groups is 1. The van der Waals surface area contributed by atoms with Gasteiger partial charge in [-0.3, -0.25) is 0 Å². The molecule has 5 nitrogen and oxygen atoms in total. The van der Waals surface area contributed by atoms with Gasteiger partial charge in [-0.05, 0) is 35.0 Å². The van der Waals surface area contributed by atoms with Gasteiger partial charge in [-0.1, -0.05) is 48.5 Å². The molecule has 0 aliphatic carbocycles. The normalized spacial score (nSPS) is 11.4. The average Bonchev–Trinajstić information content (AvgIpc) is 2.66. The summed E-state index contributed by atoms with van der Waals surface area (Å²) < 4.78 is 0. The molecule has 0 saturated carbocycles. The second kappa shape index (κ2) is 6.29. The van der Waals surface area contributed by atoms with Crippen molar-refractivity contribution in [3.63, 3.8) is 0 Å². The lowest BCUT2D eigenvalue weighted by Crippen LogP contribution is -1.95. The summed E-state index contributed by atoms with van der Waals surface area (Å²) in [6.45, 7) is 0. The van der Waals surface area contributed by atoms with E-state index >= 15 is 0 Å². The van der Waals surface area contributed by atoms with Gasteiger partial charge in [0.05, 0.1) is 11.3 Å². The number of aromatic hydroxyl groups is 1. The van der Waals surface area contributed by atoms with Crippen molar-refractivity contribution in [2.24, 2.45) is 10.2 Å². The number of benzene rings is 4. The van der Waals surface area contributed by atoms with Crippen LogP contribution in [0.1, 0.15) is 10.4 Å². The minimum Gasteiger partial charge on any atom is -0.506 e. The molecular formula is C21H14N2O3. The Kier molecular flexibility index (Phi) is 3.82. The number of phenolic OH excluding ortho intramolecular Hbond substituents is 1. The standard InChI is InChI=1S/C21H14N2O3/c24-19-11-9-14-12-15(21(25)26)8-10-17(14)20(19)23-22-18-7-3-5-13-4-1-2-6-16(13)18/h1-12,24H,(H,25,26). The van der Waals surface area contributed by atoms with E-state index in [0.29, 0.717) is 22.1 Å². The summed E-state index contributed by atoms with van der Waals surface area (Å²) in [6.07, 6.45) is 0. The predicted molar refractivity (Wildman–Crippen MR) is 101 cm³/mol. The molecule has 0 aliphatic heterocycles. The van der Waals surface area contributed by atoms with E-state index in [2.05, 4.69) is 10.2 Å². The first-order valence-corrected chi connectivity index (χ1v) is 8.02. The van der Waals surface area contributed by atoms with E-state index in [9.17, 15) is 9.90 Å². The highest BCUT2D eigenvalue weighted by Gasteiger charge is 2.10. The van der Waals surface area contributed by atoms with Gasteiger partial charge in [0.25, 0.3) is 0 Å². The van der Waals surface area contributed by atoms with Crippen molar-refractivity contribution in [3.8, 4) is 5.75 Å². The fourth-order valence-electron chi connectivity index (χ4n) is 2.94. The fraction of sp³-hybridized carbons (Fsp3) is 0. The zero-order chi connectivity index (χ0) is 18.1. The van der Waals surface area contributed by atoms with Crippen LogP contribution in [0, 0.1) is 0 Å². The molecule has 0 atom stereocenters.